The third-order valence-corrected chi connectivity index (χ3v) is 8.38. The Morgan fingerprint density at radius 1 is 0.842 bits per heavy atom. The van der Waals surface area contributed by atoms with Crippen molar-refractivity contribution >= 4 is 11.9 Å². The molecule has 2 saturated heterocycles. The molecule has 3 unspecified atom stereocenters. The maximum absolute atomic E-state index is 13.2. The number of benzene rings is 3. The maximum Gasteiger partial charge on any atom is 0.317 e. The minimum atomic E-state index is -0.603. The number of esters is 2. The molecule has 200 valence electrons. The summed E-state index contributed by atoms with van der Waals surface area (Å²) in [4.78, 5) is 24.7. The molecule has 5 nitrogen and oxygen atoms in total. The van der Waals surface area contributed by atoms with Crippen molar-refractivity contribution in [1.29, 1.82) is 0 Å². The van der Waals surface area contributed by atoms with E-state index in [9.17, 15) is 9.59 Å². The largest absolute Gasteiger partial charge is 1.00 e. The molecule has 2 aliphatic heterocycles. The minimum absolute atomic E-state index is 0. The molecular weight excluding hydrogens is 542 g/mol. The van der Waals surface area contributed by atoms with Gasteiger partial charge in [0.1, 0.15) is 25.2 Å². The van der Waals surface area contributed by atoms with Gasteiger partial charge < -0.3 is 30.9 Å². The molecule has 0 amide bonds. The van der Waals surface area contributed by atoms with Crippen LogP contribution in [0.4, 0.5) is 0 Å². The van der Waals surface area contributed by atoms with Gasteiger partial charge in [0.05, 0.1) is 19.1 Å². The van der Waals surface area contributed by atoms with Gasteiger partial charge >= 0.3 is 11.9 Å². The van der Waals surface area contributed by atoms with Crippen LogP contribution < -0.4 is 17.0 Å². The van der Waals surface area contributed by atoms with E-state index in [-0.39, 0.29) is 35.7 Å². The van der Waals surface area contributed by atoms with Crippen molar-refractivity contribution < 1.29 is 40.5 Å². The van der Waals surface area contributed by atoms with Crippen LogP contribution in [0.15, 0.2) is 84.9 Å². The van der Waals surface area contributed by atoms with Crippen LogP contribution in [0.5, 0.6) is 0 Å². The second kappa shape index (κ2) is 12.3. The number of halogens is 1. The highest BCUT2D eigenvalue weighted by atomic mass is 79.9. The second-order valence-electron chi connectivity index (χ2n) is 10.7. The SMILES string of the molecule is CC(=O)OCC(C(=O)OC1CC2CCC(C1)[N+]2(C)Cc1ccc(-c2ccccc2)cc1)c1ccccc1.[Br-]. The number of hydrogen-bond acceptors (Lipinski definition) is 4. The van der Waals surface area contributed by atoms with Crippen LogP contribution in [0.2, 0.25) is 0 Å². The molecule has 3 aromatic rings. The average molecular weight is 579 g/mol. The van der Waals surface area contributed by atoms with Gasteiger partial charge in [0.15, 0.2) is 0 Å². The zero-order chi connectivity index (χ0) is 25.8. The molecule has 0 aliphatic carbocycles. The fourth-order valence-corrected chi connectivity index (χ4v) is 6.31. The highest BCUT2D eigenvalue weighted by Crippen LogP contribution is 2.44. The molecule has 0 radical (unpaired) electrons. The normalized spacial score (nSPS) is 24.6. The monoisotopic (exact) mass is 577 g/mol. The lowest BCUT2D eigenvalue weighted by Crippen LogP contribution is -3.00. The molecule has 3 atom stereocenters. The number of carbonyl (C=O) groups is 2. The van der Waals surface area contributed by atoms with Gasteiger partial charge in [0, 0.05) is 38.2 Å². The van der Waals surface area contributed by atoms with E-state index in [1.807, 2.05) is 36.4 Å². The molecule has 38 heavy (non-hydrogen) atoms. The quantitative estimate of drug-likeness (QED) is 0.305. The summed E-state index contributed by atoms with van der Waals surface area (Å²) in [7, 11) is 2.37. The number of piperidine rings is 1. The zero-order valence-corrected chi connectivity index (χ0v) is 23.7. The van der Waals surface area contributed by atoms with E-state index in [4.69, 9.17) is 9.47 Å². The first-order valence-electron chi connectivity index (χ1n) is 13.3. The number of fused-ring (bicyclic) bond motifs is 2. The summed E-state index contributed by atoms with van der Waals surface area (Å²) in [6.45, 7) is 2.36. The van der Waals surface area contributed by atoms with Gasteiger partial charge in [0.25, 0.3) is 0 Å². The Morgan fingerprint density at radius 3 is 1.97 bits per heavy atom. The van der Waals surface area contributed by atoms with Crippen molar-refractivity contribution in [2.45, 2.75) is 63.3 Å². The number of hydrogen-bond donors (Lipinski definition) is 0. The lowest BCUT2D eigenvalue weighted by molar-refractivity contribution is -0.961. The summed E-state index contributed by atoms with van der Waals surface area (Å²) in [6, 6.07) is 29.8. The van der Waals surface area contributed by atoms with Crippen molar-refractivity contribution in [1.82, 2.24) is 0 Å². The molecule has 2 fully saturated rings. The number of carbonyl (C=O) groups excluding carboxylic acids is 2. The summed E-state index contributed by atoms with van der Waals surface area (Å²) >= 11 is 0. The molecule has 6 heteroatoms. The number of rotatable bonds is 8. The van der Waals surface area contributed by atoms with Gasteiger partial charge in [-0.1, -0.05) is 84.9 Å². The molecule has 5 rings (SSSR count). The molecule has 0 saturated carbocycles. The second-order valence-corrected chi connectivity index (χ2v) is 10.7. The van der Waals surface area contributed by atoms with Crippen LogP contribution in [0.25, 0.3) is 11.1 Å². The number of quaternary nitrogens is 1. The molecule has 0 spiro atoms. The Bertz CT molecular complexity index is 1200. The Labute approximate surface area is 236 Å². The molecule has 0 N–H and O–H groups in total. The average Bonchev–Trinajstić information content (AvgIpc) is 3.06. The molecule has 2 aliphatic rings. The highest BCUT2D eigenvalue weighted by molar-refractivity contribution is 5.79. The topological polar surface area (TPSA) is 52.6 Å². The molecular formula is C32H36BrNO4. The van der Waals surface area contributed by atoms with Crippen LogP contribution in [-0.2, 0) is 25.6 Å². The highest BCUT2D eigenvalue weighted by Gasteiger charge is 2.52. The fraction of sp³-hybridized carbons (Fsp3) is 0.375. The lowest BCUT2D eigenvalue weighted by Gasteiger charge is -2.47. The Hall–Kier alpha value is -2.96. The van der Waals surface area contributed by atoms with Gasteiger partial charge in [-0.15, -0.1) is 0 Å². The number of ether oxygens (including phenoxy) is 2. The van der Waals surface area contributed by atoms with E-state index in [1.165, 1.54) is 23.6 Å². The summed E-state index contributed by atoms with van der Waals surface area (Å²) in [5, 5.41) is 0. The van der Waals surface area contributed by atoms with Crippen LogP contribution in [-0.4, -0.2) is 48.3 Å². The van der Waals surface area contributed by atoms with E-state index in [0.29, 0.717) is 12.1 Å². The third-order valence-electron chi connectivity index (χ3n) is 8.38. The van der Waals surface area contributed by atoms with E-state index >= 15 is 0 Å². The Morgan fingerprint density at radius 2 is 1.39 bits per heavy atom. The first kappa shape index (κ1) is 28.1. The van der Waals surface area contributed by atoms with E-state index < -0.39 is 11.9 Å². The van der Waals surface area contributed by atoms with Gasteiger partial charge in [-0.25, -0.2) is 0 Å². The van der Waals surface area contributed by atoms with Gasteiger partial charge in [-0.2, -0.15) is 0 Å². The van der Waals surface area contributed by atoms with Crippen LogP contribution >= 0.6 is 0 Å². The molecule has 2 heterocycles. The van der Waals surface area contributed by atoms with E-state index in [1.54, 1.807) is 0 Å². The number of nitrogens with zero attached hydrogens (tertiary/aromatic N) is 1. The predicted octanol–water partition coefficient (Wildman–Crippen LogP) is 2.89. The molecule has 3 aromatic carbocycles. The fourth-order valence-electron chi connectivity index (χ4n) is 6.31. The Kier molecular flexibility index (Phi) is 9.06. The predicted molar refractivity (Wildman–Crippen MR) is 144 cm³/mol. The smallest absolute Gasteiger partial charge is 0.317 e. The first-order chi connectivity index (χ1) is 17.9. The van der Waals surface area contributed by atoms with Crippen molar-refractivity contribution in [3.05, 3.63) is 96.1 Å². The van der Waals surface area contributed by atoms with Crippen molar-refractivity contribution in [2.75, 3.05) is 13.7 Å². The zero-order valence-electron chi connectivity index (χ0n) is 22.1. The van der Waals surface area contributed by atoms with Crippen LogP contribution in [0.3, 0.4) is 0 Å². The summed E-state index contributed by atoms with van der Waals surface area (Å²) < 4.78 is 12.3. The minimum Gasteiger partial charge on any atom is -1.00 e. The van der Waals surface area contributed by atoms with Gasteiger partial charge in [-0.05, 0) is 16.7 Å². The lowest BCUT2D eigenvalue weighted by atomic mass is 9.94. The summed E-state index contributed by atoms with van der Waals surface area (Å²) in [5.74, 6) is -1.30. The maximum atomic E-state index is 13.2. The van der Waals surface area contributed by atoms with Crippen molar-refractivity contribution in [2.24, 2.45) is 0 Å². The summed E-state index contributed by atoms with van der Waals surface area (Å²) in [5.41, 5.74) is 4.63. The van der Waals surface area contributed by atoms with Crippen molar-refractivity contribution in [3.63, 3.8) is 0 Å². The van der Waals surface area contributed by atoms with Crippen LogP contribution in [0, 0.1) is 0 Å². The van der Waals surface area contributed by atoms with Crippen LogP contribution in [0.1, 0.15) is 49.7 Å². The third kappa shape index (κ3) is 6.19. The van der Waals surface area contributed by atoms with Gasteiger partial charge in [-0.3, -0.25) is 9.59 Å². The molecule has 2 bridgehead atoms. The first-order valence-corrected chi connectivity index (χ1v) is 13.3. The van der Waals surface area contributed by atoms with E-state index in [0.717, 1.165) is 42.3 Å². The van der Waals surface area contributed by atoms with Crippen molar-refractivity contribution in [3.8, 4) is 11.1 Å². The van der Waals surface area contributed by atoms with E-state index in [2.05, 4.69) is 55.6 Å². The molecule has 0 aromatic heterocycles. The summed E-state index contributed by atoms with van der Waals surface area (Å²) in [6.07, 6.45) is 3.96. The van der Waals surface area contributed by atoms with Gasteiger partial charge in [0.2, 0.25) is 0 Å². The Balaban J connectivity index is 0.00000336. The standard InChI is InChI=1S/C32H36NO4.BrH/c1-23(34)36-22-31(27-11-7-4-8-12-27)32(35)37-30-19-28-17-18-29(20-30)33(28,2)21-24-13-15-26(16-14-24)25-9-5-3-6-10-25;/h3-16,28-31H,17-22H2,1-2H3;1H/q+1;/p-1.